The molecule has 1 heterocycles. The molecule has 1 aliphatic carbocycles. The maximum Gasteiger partial charge on any atom is 0.238 e. The van der Waals surface area contributed by atoms with Gasteiger partial charge in [-0.25, -0.2) is 13.6 Å². The van der Waals surface area contributed by atoms with Crippen molar-refractivity contribution in [2.45, 2.75) is 30.3 Å². The van der Waals surface area contributed by atoms with E-state index in [1.807, 2.05) is 0 Å². The highest BCUT2D eigenvalue weighted by Gasteiger charge is 2.29. The Morgan fingerprint density at radius 2 is 2.19 bits per heavy atom. The molecule has 0 spiro atoms. The number of ether oxygens (including phenoxy) is 1. The Morgan fingerprint density at radius 3 is 2.81 bits per heavy atom. The fourth-order valence-corrected chi connectivity index (χ4v) is 2.92. The molecule has 0 bridgehead atoms. The zero-order chi connectivity index (χ0) is 15.0. The van der Waals surface area contributed by atoms with Crippen molar-refractivity contribution >= 4 is 26.0 Å². The zero-order valence-corrected chi connectivity index (χ0v) is 13.2. The molecule has 1 aromatic carbocycles. The summed E-state index contributed by atoms with van der Waals surface area (Å²) in [5.41, 5.74) is 0. The van der Waals surface area contributed by atoms with Gasteiger partial charge < -0.3 is 9.26 Å². The molecule has 0 amide bonds. The summed E-state index contributed by atoms with van der Waals surface area (Å²) in [6, 6.07) is 4.28. The number of sulfonamides is 1. The Bertz CT molecular complexity index is 771. The molecule has 1 aliphatic rings. The van der Waals surface area contributed by atoms with Gasteiger partial charge in [0.05, 0.1) is 9.37 Å². The number of primary sulfonamides is 1. The van der Waals surface area contributed by atoms with E-state index in [0.29, 0.717) is 27.9 Å². The number of nitrogens with zero attached hydrogens (tertiary/aromatic N) is 2. The van der Waals surface area contributed by atoms with Gasteiger partial charge in [-0.3, -0.25) is 0 Å². The van der Waals surface area contributed by atoms with Crippen LogP contribution in [0.15, 0.2) is 32.1 Å². The van der Waals surface area contributed by atoms with Crippen molar-refractivity contribution in [1.82, 2.24) is 10.1 Å². The van der Waals surface area contributed by atoms with Crippen LogP contribution in [0.1, 0.15) is 30.5 Å². The molecule has 0 atom stereocenters. The lowest BCUT2D eigenvalue weighted by Gasteiger charge is -2.07. The molecule has 21 heavy (non-hydrogen) atoms. The van der Waals surface area contributed by atoms with Crippen molar-refractivity contribution in [3.05, 3.63) is 34.4 Å². The topological polar surface area (TPSA) is 108 Å². The molecule has 2 N–H and O–H groups in total. The molecule has 7 nitrogen and oxygen atoms in total. The van der Waals surface area contributed by atoms with E-state index < -0.39 is 10.0 Å². The normalized spacial score (nSPS) is 15.1. The minimum absolute atomic E-state index is 0.0114. The third kappa shape index (κ3) is 3.42. The van der Waals surface area contributed by atoms with Gasteiger partial charge in [-0.1, -0.05) is 5.16 Å². The molecule has 0 aliphatic heterocycles. The fourth-order valence-electron chi connectivity index (χ4n) is 1.74. The lowest BCUT2D eigenvalue weighted by Crippen LogP contribution is -2.12. The van der Waals surface area contributed by atoms with Crippen molar-refractivity contribution in [2.24, 2.45) is 5.14 Å². The van der Waals surface area contributed by atoms with Gasteiger partial charge in [0, 0.05) is 5.92 Å². The van der Waals surface area contributed by atoms with E-state index in [2.05, 4.69) is 26.1 Å². The SMILES string of the molecule is NS(=O)(=O)c1ccc(OCc2noc(C3CC3)n2)c(Br)c1. The largest absolute Gasteiger partial charge is 0.484 e. The van der Waals surface area contributed by atoms with E-state index in [9.17, 15) is 8.42 Å². The van der Waals surface area contributed by atoms with Gasteiger partial charge >= 0.3 is 0 Å². The van der Waals surface area contributed by atoms with E-state index >= 15 is 0 Å². The van der Waals surface area contributed by atoms with Crippen molar-refractivity contribution in [3.8, 4) is 5.75 Å². The van der Waals surface area contributed by atoms with Crippen LogP contribution in [-0.4, -0.2) is 18.6 Å². The Balaban J connectivity index is 1.69. The summed E-state index contributed by atoms with van der Waals surface area (Å²) in [7, 11) is -3.73. The summed E-state index contributed by atoms with van der Waals surface area (Å²) in [5, 5.41) is 8.89. The van der Waals surface area contributed by atoms with Crippen molar-refractivity contribution in [2.75, 3.05) is 0 Å². The van der Waals surface area contributed by atoms with Crippen molar-refractivity contribution in [1.29, 1.82) is 0 Å². The highest BCUT2D eigenvalue weighted by atomic mass is 79.9. The van der Waals surface area contributed by atoms with E-state index in [0.717, 1.165) is 12.8 Å². The number of benzene rings is 1. The average Bonchev–Trinajstić information content (AvgIpc) is 3.16. The van der Waals surface area contributed by atoms with Gasteiger partial charge in [-0.2, -0.15) is 4.98 Å². The predicted octanol–water partition coefficient (Wildman–Crippen LogP) is 1.94. The number of halogens is 1. The molecule has 1 aromatic heterocycles. The van der Waals surface area contributed by atoms with Crippen LogP contribution in [0, 0.1) is 0 Å². The van der Waals surface area contributed by atoms with Crippen LogP contribution in [0.2, 0.25) is 0 Å². The van der Waals surface area contributed by atoms with Crippen LogP contribution in [-0.2, 0) is 16.6 Å². The lowest BCUT2D eigenvalue weighted by molar-refractivity contribution is 0.283. The number of nitrogens with two attached hydrogens (primary N) is 1. The van der Waals surface area contributed by atoms with E-state index in [1.165, 1.54) is 18.2 Å². The second-order valence-electron chi connectivity index (χ2n) is 4.75. The Kier molecular flexibility index (Phi) is 3.72. The van der Waals surface area contributed by atoms with Gasteiger partial charge in [-0.05, 0) is 47.0 Å². The Hall–Kier alpha value is -1.45. The third-order valence-electron chi connectivity index (χ3n) is 3.00. The van der Waals surface area contributed by atoms with Gasteiger partial charge in [0.2, 0.25) is 21.7 Å². The highest BCUT2D eigenvalue weighted by Crippen LogP contribution is 2.38. The standard InChI is InChI=1S/C12H12BrN3O4S/c13-9-5-8(21(14,17)18)3-4-10(9)19-6-11-15-12(20-16-11)7-1-2-7/h3-5,7H,1-2,6H2,(H2,14,17,18). The maximum atomic E-state index is 11.2. The first-order valence-electron chi connectivity index (χ1n) is 6.21. The predicted molar refractivity (Wildman–Crippen MR) is 76.1 cm³/mol. The molecular weight excluding hydrogens is 362 g/mol. The van der Waals surface area contributed by atoms with Crippen LogP contribution in [0.4, 0.5) is 0 Å². The average molecular weight is 374 g/mol. The van der Waals surface area contributed by atoms with Gasteiger partial charge in [-0.15, -0.1) is 0 Å². The van der Waals surface area contributed by atoms with E-state index in [-0.39, 0.29) is 11.5 Å². The molecular formula is C12H12BrN3O4S. The number of hydrogen-bond acceptors (Lipinski definition) is 6. The van der Waals surface area contributed by atoms with E-state index in [1.54, 1.807) is 0 Å². The second kappa shape index (κ2) is 5.39. The molecule has 112 valence electrons. The summed E-state index contributed by atoms with van der Waals surface area (Å²) >= 11 is 3.24. The molecule has 3 rings (SSSR count). The first kappa shape index (κ1) is 14.5. The summed E-state index contributed by atoms with van der Waals surface area (Å²) in [4.78, 5) is 4.25. The minimum atomic E-state index is -3.73. The third-order valence-corrected chi connectivity index (χ3v) is 4.53. The maximum absolute atomic E-state index is 11.2. The van der Waals surface area contributed by atoms with Crippen molar-refractivity contribution in [3.63, 3.8) is 0 Å². The molecule has 0 unspecified atom stereocenters. The molecule has 2 aromatic rings. The quantitative estimate of drug-likeness (QED) is 0.857. The smallest absolute Gasteiger partial charge is 0.238 e. The summed E-state index contributed by atoms with van der Waals surface area (Å²) in [5.74, 6) is 1.98. The number of rotatable bonds is 5. The van der Waals surface area contributed by atoms with Crippen LogP contribution in [0.25, 0.3) is 0 Å². The molecule has 0 radical (unpaired) electrons. The monoisotopic (exact) mass is 373 g/mol. The van der Waals surface area contributed by atoms with Crippen LogP contribution >= 0.6 is 15.9 Å². The molecule has 0 saturated heterocycles. The van der Waals surface area contributed by atoms with Crippen molar-refractivity contribution < 1.29 is 17.7 Å². The molecule has 9 heteroatoms. The van der Waals surface area contributed by atoms with Gasteiger partial charge in [0.15, 0.2) is 6.61 Å². The molecule has 1 saturated carbocycles. The lowest BCUT2D eigenvalue weighted by atomic mass is 10.3. The first-order valence-corrected chi connectivity index (χ1v) is 8.55. The van der Waals surface area contributed by atoms with Crippen LogP contribution < -0.4 is 9.88 Å². The van der Waals surface area contributed by atoms with Gasteiger partial charge in [0.25, 0.3) is 0 Å². The van der Waals surface area contributed by atoms with Crippen LogP contribution in [0.5, 0.6) is 5.75 Å². The van der Waals surface area contributed by atoms with Gasteiger partial charge in [0.1, 0.15) is 5.75 Å². The summed E-state index contributed by atoms with van der Waals surface area (Å²) in [6.45, 7) is 0.142. The minimum Gasteiger partial charge on any atom is -0.484 e. The Labute approximate surface area is 129 Å². The number of aromatic nitrogens is 2. The molecule has 1 fully saturated rings. The summed E-state index contributed by atoms with van der Waals surface area (Å²) < 4.78 is 33.6. The summed E-state index contributed by atoms with van der Waals surface area (Å²) in [6.07, 6.45) is 2.17. The second-order valence-corrected chi connectivity index (χ2v) is 7.16. The number of hydrogen-bond donors (Lipinski definition) is 1. The first-order chi connectivity index (χ1) is 9.93. The Morgan fingerprint density at radius 1 is 1.43 bits per heavy atom. The fraction of sp³-hybridized carbons (Fsp3) is 0.333. The van der Waals surface area contributed by atoms with E-state index in [4.69, 9.17) is 14.4 Å². The van der Waals surface area contributed by atoms with Crippen LogP contribution in [0.3, 0.4) is 0 Å². The highest BCUT2D eigenvalue weighted by molar-refractivity contribution is 9.10. The zero-order valence-electron chi connectivity index (χ0n) is 10.8.